The summed E-state index contributed by atoms with van der Waals surface area (Å²) in [7, 11) is 1.68. The molecule has 4 rings (SSSR count). The molecule has 0 saturated carbocycles. The Morgan fingerprint density at radius 1 is 1.03 bits per heavy atom. The van der Waals surface area contributed by atoms with Crippen molar-refractivity contribution in [1.82, 2.24) is 20.0 Å². The van der Waals surface area contributed by atoms with Crippen LogP contribution in [0.15, 0.2) is 71.2 Å². The molecule has 4 aromatic rings. The Bertz CT molecular complexity index is 1030. The Kier molecular flexibility index (Phi) is 6.56. The normalized spacial score (nSPS) is 10.9. The van der Waals surface area contributed by atoms with Crippen LogP contribution in [0.25, 0.3) is 16.9 Å². The Morgan fingerprint density at radius 2 is 1.79 bits per heavy atom. The summed E-state index contributed by atoms with van der Waals surface area (Å²) >= 11 is 3.23. The van der Waals surface area contributed by atoms with Crippen LogP contribution in [-0.4, -0.2) is 40.2 Å². The van der Waals surface area contributed by atoms with Crippen LogP contribution < -0.4 is 5.32 Å². The largest absolute Gasteiger partial charge is 0.383 e. The van der Waals surface area contributed by atoms with Crippen LogP contribution in [0, 0.1) is 0 Å². The summed E-state index contributed by atoms with van der Waals surface area (Å²) in [5.41, 5.74) is 4.30. The van der Waals surface area contributed by atoms with Gasteiger partial charge in [-0.15, -0.1) is 10.2 Å². The predicted octanol–water partition coefficient (Wildman–Crippen LogP) is 4.74. The van der Waals surface area contributed by atoms with E-state index < -0.39 is 0 Å². The van der Waals surface area contributed by atoms with E-state index in [-0.39, 0.29) is 0 Å². The zero-order chi connectivity index (χ0) is 19.9. The van der Waals surface area contributed by atoms with Gasteiger partial charge in [0.05, 0.1) is 18.0 Å². The van der Waals surface area contributed by atoms with Crippen molar-refractivity contribution in [3.63, 3.8) is 0 Å². The maximum Gasteiger partial charge on any atom is 0.206 e. The highest BCUT2D eigenvalue weighted by Gasteiger charge is 2.14. The zero-order valence-electron chi connectivity index (χ0n) is 16.0. The molecule has 2 aromatic carbocycles. The van der Waals surface area contributed by atoms with Crippen LogP contribution in [-0.2, 0) is 10.5 Å². The van der Waals surface area contributed by atoms with Crippen molar-refractivity contribution in [2.24, 2.45) is 0 Å². The summed E-state index contributed by atoms with van der Waals surface area (Å²) in [4.78, 5) is 0. The first-order valence-corrected chi connectivity index (χ1v) is 11.0. The molecule has 0 saturated heterocycles. The second-order valence-electron chi connectivity index (χ2n) is 6.23. The first kappa shape index (κ1) is 19.6. The average molecular weight is 424 g/mol. The molecule has 0 fully saturated rings. The molecule has 0 radical (unpaired) electrons. The lowest BCUT2D eigenvalue weighted by Gasteiger charge is -2.01. The van der Waals surface area contributed by atoms with E-state index in [2.05, 4.69) is 46.0 Å². The Hall–Kier alpha value is -2.68. The fourth-order valence-electron chi connectivity index (χ4n) is 2.81. The molecule has 148 valence electrons. The molecule has 0 aliphatic carbocycles. The number of aromatic nitrogens is 4. The summed E-state index contributed by atoms with van der Waals surface area (Å²) in [5, 5.41) is 17.4. The third-order valence-corrected chi connectivity index (χ3v) is 6.26. The fourth-order valence-corrected chi connectivity index (χ4v) is 4.55. The molecule has 6 nitrogen and oxygen atoms in total. The molecular formula is C21H21N5OS2. The van der Waals surface area contributed by atoms with Gasteiger partial charge in [0.1, 0.15) is 0 Å². The number of methoxy groups -OCH3 is 1. The van der Waals surface area contributed by atoms with Crippen molar-refractivity contribution in [2.45, 2.75) is 10.1 Å². The summed E-state index contributed by atoms with van der Waals surface area (Å²) in [6.07, 6.45) is 2.10. The van der Waals surface area contributed by atoms with Crippen LogP contribution in [0.5, 0.6) is 0 Å². The van der Waals surface area contributed by atoms with Crippen LogP contribution in [0.2, 0.25) is 0 Å². The molecule has 2 aromatic heterocycles. The van der Waals surface area contributed by atoms with Gasteiger partial charge in [0.2, 0.25) is 5.13 Å². The van der Waals surface area contributed by atoms with Gasteiger partial charge in [-0.25, -0.2) is 4.68 Å². The van der Waals surface area contributed by atoms with Crippen LogP contribution in [0.1, 0.15) is 5.56 Å². The number of ether oxygens (including phenoxy) is 1. The first-order valence-electron chi connectivity index (χ1n) is 9.22. The molecule has 0 atom stereocenters. The summed E-state index contributed by atoms with van der Waals surface area (Å²) in [6.45, 7) is 1.36. The van der Waals surface area contributed by atoms with Crippen LogP contribution in [0.3, 0.4) is 0 Å². The highest BCUT2D eigenvalue weighted by molar-refractivity contribution is 8.00. The number of para-hydroxylation sites is 1. The SMILES string of the molecule is COCCNc1nnc(SCc2cn(-c3ccccc3)nc2-c2ccccc2)s1. The van der Waals surface area contributed by atoms with Crippen molar-refractivity contribution < 1.29 is 4.74 Å². The van der Waals surface area contributed by atoms with Gasteiger partial charge in [0.25, 0.3) is 0 Å². The van der Waals surface area contributed by atoms with E-state index in [1.165, 1.54) is 0 Å². The lowest BCUT2D eigenvalue weighted by Crippen LogP contribution is -2.06. The van der Waals surface area contributed by atoms with Crippen molar-refractivity contribution in [1.29, 1.82) is 0 Å². The van der Waals surface area contributed by atoms with Crippen molar-refractivity contribution in [3.05, 3.63) is 72.4 Å². The van der Waals surface area contributed by atoms with Gasteiger partial charge in [-0.2, -0.15) is 5.10 Å². The maximum absolute atomic E-state index is 5.05. The molecule has 0 spiro atoms. The number of benzene rings is 2. The van der Waals surface area contributed by atoms with Crippen LogP contribution in [0.4, 0.5) is 5.13 Å². The Labute approximate surface area is 178 Å². The van der Waals surface area contributed by atoms with Gasteiger partial charge in [0.15, 0.2) is 4.34 Å². The third-order valence-electron chi connectivity index (χ3n) is 4.20. The highest BCUT2D eigenvalue weighted by Crippen LogP contribution is 2.32. The maximum atomic E-state index is 5.05. The van der Waals surface area contributed by atoms with E-state index in [9.17, 15) is 0 Å². The first-order chi connectivity index (χ1) is 14.3. The monoisotopic (exact) mass is 423 g/mol. The molecule has 0 bridgehead atoms. The van der Waals surface area contributed by atoms with E-state index in [1.54, 1.807) is 30.2 Å². The molecule has 8 heteroatoms. The van der Waals surface area contributed by atoms with Crippen molar-refractivity contribution in [2.75, 3.05) is 25.6 Å². The van der Waals surface area contributed by atoms with E-state index in [4.69, 9.17) is 9.84 Å². The number of hydrogen-bond donors (Lipinski definition) is 1. The molecule has 0 amide bonds. The highest BCUT2D eigenvalue weighted by atomic mass is 32.2. The van der Waals surface area contributed by atoms with Crippen molar-refractivity contribution in [3.8, 4) is 16.9 Å². The van der Waals surface area contributed by atoms with E-state index in [1.807, 2.05) is 41.1 Å². The molecule has 1 N–H and O–H groups in total. The lowest BCUT2D eigenvalue weighted by molar-refractivity contribution is 0.211. The van der Waals surface area contributed by atoms with E-state index >= 15 is 0 Å². The van der Waals surface area contributed by atoms with Gasteiger partial charge < -0.3 is 10.1 Å². The van der Waals surface area contributed by atoms with Gasteiger partial charge in [-0.05, 0) is 12.1 Å². The standard InChI is InChI=1S/C21H21N5OS2/c1-27-13-12-22-20-23-24-21(29-20)28-15-17-14-26(18-10-6-3-7-11-18)25-19(17)16-8-4-2-5-9-16/h2-11,14H,12-13,15H2,1H3,(H,22,23). The van der Waals surface area contributed by atoms with Crippen molar-refractivity contribution >= 4 is 28.2 Å². The molecule has 0 aliphatic heterocycles. The molecule has 0 unspecified atom stereocenters. The number of hydrogen-bond acceptors (Lipinski definition) is 7. The minimum Gasteiger partial charge on any atom is -0.383 e. The van der Waals surface area contributed by atoms with Gasteiger partial charge >= 0.3 is 0 Å². The molecule has 29 heavy (non-hydrogen) atoms. The van der Waals surface area contributed by atoms with E-state index in [0.29, 0.717) is 6.61 Å². The second kappa shape index (κ2) is 9.69. The van der Waals surface area contributed by atoms with E-state index in [0.717, 1.165) is 44.3 Å². The average Bonchev–Trinajstić information content (AvgIpc) is 3.41. The number of nitrogens with zero attached hydrogens (tertiary/aromatic N) is 4. The smallest absolute Gasteiger partial charge is 0.206 e. The Morgan fingerprint density at radius 3 is 2.55 bits per heavy atom. The fraction of sp³-hybridized carbons (Fsp3) is 0.190. The third kappa shape index (κ3) is 5.03. The summed E-state index contributed by atoms with van der Waals surface area (Å²) < 4.78 is 7.92. The number of nitrogens with one attached hydrogen (secondary N) is 1. The summed E-state index contributed by atoms with van der Waals surface area (Å²) in [6, 6.07) is 20.4. The molecular weight excluding hydrogens is 402 g/mol. The van der Waals surface area contributed by atoms with Crippen LogP contribution >= 0.6 is 23.1 Å². The number of thioether (sulfide) groups is 1. The number of anilines is 1. The Balaban J connectivity index is 1.54. The predicted molar refractivity (Wildman–Crippen MR) is 119 cm³/mol. The molecule has 0 aliphatic rings. The minimum atomic E-state index is 0.640. The lowest BCUT2D eigenvalue weighted by atomic mass is 10.1. The number of rotatable bonds is 9. The topological polar surface area (TPSA) is 64.9 Å². The summed E-state index contributed by atoms with van der Waals surface area (Å²) in [5.74, 6) is 0.768. The minimum absolute atomic E-state index is 0.640. The second-order valence-corrected chi connectivity index (χ2v) is 8.43. The zero-order valence-corrected chi connectivity index (χ0v) is 17.6. The van der Waals surface area contributed by atoms with Gasteiger partial charge in [0, 0.05) is 36.7 Å². The van der Waals surface area contributed by atoms with Gasteiger partial charge in [-0.1, -0.05) is 71.6 Å². The van der Waals surface area contributed by atoms with Gasteiger partial charge in [-0.3, -0.25) is 0 Å². The molecule has 2 heterocycles. The quantitative estimate of drug-likeness (QED) is 0.310.